The van der Waals surface area contributed by atoms with Gasteiger partial charge in [-0.2, -0.15) is 0 Å². The number of methoxy groups -OCH3 is 1. The molecule has 1 amide bonds. The van der Waals surface area contributed by atoms with Crippen molar-refractivity contribution < 1.29 is 19.4 Å². The van der Waals surface area contributed by atoms with Crippen molar-refractivity contribution in [1.29, 1.82) is 0 Å². The Kier molecular flexibility index (Phi) is 6.22. The number of carbonyl (C=O) groups excluding carboxylic acids is 2. The summed E-state index contributed by atoms with van der Waals surface area (Å²) >= 11 is 0. The first kappa shape index (κ1) is 23.6. The number of nitrogens with one attached hydrogen (secondary N) is 1. The Balaban J connectivity index is 1.29. The predicted octanol–water partition coefficient (Wildman–Crippen LogP) is 4.95. The van der Waals surface area contributed by atoms with E-state index in [0.717, 1.165) is 33.3 Å². The summed E-state index contributed by atoms with van der Waals surface area (Å²) in [4.78, 5) is 34.2. The van der Waals surface area contributed by atoms with E-state index in [1.165, 1.54) is 7.11 Å². The third-order valence-corrected chi connectivity index (χ3v) is 7.27. The quantitative estimate of drug-likeness (QED) is 0.392. The van der Waals surface area contributed by atoms with Gasteiger partial charge in [0.2, 0.25) is 5.91 Å². The van der Waals surface area contributed by atoms with Gasteiger partial charge in [-0.05, 0) is 49.1 Å². The second-order valence-corrected chi connectivity index (χ2v) is 9.65. The molecule has 0 aliphatic carbocycles. The number of hydrogen-bond acceptors (Lipinski definition) is 5. The number of phenols is 1. The van der Waals surface area contributed by atoms with Gasteiger partial charge in [-0.25, -0.2) is 0 Å². The fraction of sp³-hybridized carbons (Fsp3) is 0.276. The van der Waals surface area contributed by atoms with Crippen LogP contribution in [0.1, 0.15) is 25.3 Å². The number of aromatic hydroxyl groups is 1. The molecule has 1 saturated heterocycles. The van der Waals surface area contributed by atoms with Crippen LogP contribution in [0.2, 0.25) is 0 Å². The average Bonchev–Trinajstić information content (AvgIpc) is 3.33. The molecule has 3 heterocycles. The number of rotatable bonds is 5. The Labute approximate surface area is 209 Å². The van der Waals surface area contributed by atoms with Gasteiger partial charge in [0.1, 0.15) is 5.75 Å². The van der Waals surface area contributed by atoms with Crippen molar-refractivity contribution in [3.05, 3.63) is 72.6 Å². The van der Waals surface area contributed by atoms with Gasteiger partial charge in [-0.1, -0.05) is 36.4 Å². The first-order chi connectivity index (χ1) is 17.4. The number of ether oxygens (including phenoxy) is 1. The van der Waals surface area contributed by atoms with Crippen molar-refractivity contribution in [2.24, 2.45) is 5.41 Å². The smallest absolute Gasteiger partial charge is 0.311 e. The molecule has 184 valence electrons. The van der Waals surface area contributed by atoms with E-state index in [-0.39, 0.29) is 17.6 Å². The van der Waals surface area contributed by atoms with E-state index in [4.69, 9.17) is 4.74 Å². The van der Waals surface area contributed by atoms with Crippen LogP contribution in [0.4, 0.5) is 0 Å². The molecule has 2 N–H and O–H groups in total. The van der Waals surface area contributed by atoms with Crippen LogP contribution in [0.3, 0.4) is 0 Å². The minimum Gasteiger partial charge on any atom is -0.507 e. The number of para-hydroxylation sites is 1. The summed E-state index contributed by atoms with van der Waals surface area (Å²) in [5.41, 5.74) is 4.43. The lowest BCUT2D eigenvalue weighted by Crippen LogP contribution is -2.46. The Morgan fingerprint density at radius 2 is 1.81 bits per heavy atom. The van der Waals surface area contributed by atoms with Crippen LogP contribution in [0.25, 0.3) is 33.3 Å². The SMILES string of the molecule is COC(=O)C1(C)CCN(C(=O)Cc2ccc(-c3cccc(-c4cc5ccncc5[nH]4)c3O)cc2)CC1. The highest BCUT2D eigenvalue weighted by molar-refractivity contribution is 5.89. The fourth-order valence-corrected chi connectivity index (χ4v) is 4.90. The molecule has 1 aliphatic heterocycles. The van der Waals surface area contributed by atoms with Crippen LogP contribution < -0.4 is 0 Å². The fourth-order valence-electron chi connectivity index (χ4n) is 4.90. The lowest BCUT2D eigenvalue weighted by molar-refractivity contribution is -0.156. The van der Waals surface area contributed by atoms with Gasteiger partial charge >= 0.3 is 5.97 Å². The number of fused-ring (bicyclic) bond motifs is 1. The lowest BCUT2D eigenvalue weighted by atomic mass is 9.80. The summed E-state index contributed by atoms with van der Waals surface area (Å²) in [6, 6.07) is 17.3. The third-order valence-electron chi connectivity index (χ3n) is 7.27. The number of phenolic OH excluding ortho intramolecular Hbond substituents is 1. The number of hydrogen-bond donors (Lipinski definition) is 2. The van der Waals surface area contributed by atoms with Gasteiger partial charge < -0.3 is 19.7 Å². The normalized spacial score (nSPS) is 15.1. The Morgan fingerprint density at radius 1 is 1.08 bits per heavy atom. The zero-order chi connectivity index (χ0) is 25.3. The van der Waals surface area contributed by atoms with Crippen molar-refractivity contribution in [2.45, 2.75) is 26.2 Å². The number of H-pyrrole nitrogens is 1. The Morgan fingerprint density at radius 3 is 2.50 bits per heavy atom. The van der Waals surface area contributed by atoms with E-state index in [0.29, 0.717) is 37.9 Å². The van der Waals surface area contributed by atoms with Crippen LogP contribution in [-0.2, 0) is 20.7 Å². The van der Waals surface area contributed by atoms with E-state index in [2.05, 4.69) is 9.97 Å². The van der Waals surface area contributed by atoms with E-state index in [1.54, 1.807) is 12.4 Å². The summed E-state index contributed by atoms with van der Waals surface area (Å²) in [5, 5.41) is 12.1. The van der Waals surface area contributed by atoms with E-state index in [9.17, 15) is 14.7 Å². The second-order valence-electron chi connectivity index (χ2n) is 9.65. The molecule has 7 heteroatoms. The van der Waals surface area contributed by atoms with Crippen molar-refractivity contribution >= 4 is 22.8 Å². The van der Waals surface area contributed by atoms with Gasteiger partial charge in [0.25, 0.3) is 0 Å². The first-order valence-corrected chi connectivity index (χ1v) is 12.1. The maximum absolute atomic E-state index is 12.9. The lowest BCUT2D eigenvalue weighted by Gasteiger charge is -2.37. The van der Waals surface area contributed by atoms with E-state index < -0.39 is 5.41 Å². The molecule has 0 bridgehead atoms. The molecular formula is C29H29N3O4. The molecule has 0 radical (unpaired) electrons. The molecule has 0 spiro atoms. The van der Waals surface area contributed by atoms with Crippen molar-refractivity contribution in [2.75, 3.05) is 20.2 Å². The summed E-state index contributed by atoms with van der Waals surface area (Å²) in [6.07, 6.45) is 5.01. The summed E-state index contributed by atoms with van der Waals surface area (Å²) < 4.78 is 4.92. The minimum atomic E-state index is -0.520. The summed E-state index contributed by atoms with van der Waals surface area (Å²) in [6.45, 7) is 3.00. The number of carbonyl (C=O) groups is 2. The standard InChI is InChI=1S/C29H29N3O4/c1-29(28(35)36-2)11-14-32(15-12-29)26(33)16-19-6-8-20(9-7-19)22-4-3-5-23(27(22)34)24-17-21-10-13-30-18-25(21)31-24/h3-10,13,17-18,31,34H,11-12,14-16H2,1-2H3. The summed E-state index contributed by atoms with van der Waals surface area (Å²) in [7, 11) is 1.41. The molecule has 0 unspecified atom stereocenters. The van der Waals surface area contributed by atoms with Crippen molar-refractivity contribution in [3.63, 3.8) is 0 Å². The van der Waals surface area contributed by atoms with Gasteiger partial charge in [-0.3, -0.25) is 14.6 Å². The topological polar surface area (TPSA) is 95.5 Å². The number of nitrogens with zero attached hydrogens (tertiary/aromatic N) is 2. The minimum absolute atomic E-state index is 0.0489. The highest BCUT2D eigenvalue weighted by Crippen LogP contribution is 2.38. The van der Waals surface area contributed by atoms with Gasteiger partial charge in [-0.15, -0.1) is 0 Å². The Bertz CT molecular complexity index is 1380. The molecule has 4 aromatic rings. The molecule has 2 aromatic carbocycles. The van der Waals surface area contributed by atoms with Gasteiger partial charge in [0.05, 0.1) is 36.4 Å². The third kappa shape index (κ3) is 4.44. The van der Waals surface area contributed by atoms with E-state index >= 15 is 0 Å². The molecule has 1 aliphatic rings. The van der Waals surface area contributed by atoms with Crippen LogP contribution in [0.15, 0.2) is 67.0 Å². The van der Waals surface area contributed by atoms with Crippen LogP contribution in [0, 0.1) is 5.41 Å². The van der Waals surface area contributed by atoms with Gasteiger partial charge in [0.15, 0.2) is 0 Å². The molecule has 7 nitrogen and oxygen atoms in total. The highest BCUT2D eigenvalue weighted by atomic mass is 16.5. The van der Waals surface area contributed by atoms with Gasteiger partial charge in [0, 0.05) is 35.8 Å². The number of esters is 1. The van der Waals surface area contributed by atoms with Crippen molar-refractivity contribution in [3.8, 4) is 28.1 Å². The monoisotopic (exact) mass is 483 g/mol. The van der Waals surface area contributed by atoms with Crippen LogP contribution in [0.5, 0.6) is 5.75 Å². The number of likely N-dealkylation sites (tertiary alicyclic amines) is 1. The van der Waals surface area contributed by atoms with Crippen molar-refractivity contribution in [1.82, 2.24) is 14.9 Å². The maximum atomic E-state index is 12.9. The highest BCUT2D eigenvalue weighted by Gasteiger charge is 2.38. The molecule has 2 aromatic heterocycles. The average molecular weight is 484 g/mol. The first-order valence-electron chi connectivity index (χ1n) is 12.1. The Hall–Kier alpha value is -4.13. The number of aromatic amines is 1. The maximum Gasteiger partial charge on any atom is 0.311 e. The van der Waals surface area contributed by atoms with Crippen LogP contribution in [-0.4, -0.2) is 52.1 Å². The number of benzene rings is 2. The summed E-state index contributed by atoms with van der Waals surface area (Å²) in [5.74, 6) is 0.0367. The molecular weight excluding hydrogens is 454 g/mol. The number of aromatic nitrogens is 2. The molecule has 36 heavy (non-hydrogen) atoms. The zero-order valence-electron chi connectivity index (χ0n) is 20.5. The number of piperidine rings is 1. The van der Waals surface area contributed by atoms with E-state index in [1.807, 2.05) is 66.4 Å². The molecule has 5 rings (SSSR count). The molecule has 1 fully saturated rings. The number of amides is 1. The number of pyridine rings is 1. The largest absolute Gasteiger partial charge is 0.507 e. The second kappa shape index (κ2) is 9.49. The molecule has 0 saturated carbocycles. The van der Waals surface area contributed by atoms with Crippen LogP contribution >= 0.6 is 0 Å². The molecule has 0 atom stereocenters. The predicted molar refractivity (Wildman–Crippen MR) is 138 cm³/mol. The zero-order valence-corrected chi connectivity index (χ0v) is 20.5.